The van der Waals surface area contributed by atoms with Gasteiger partial charge in [-0.15, -0.1) is 0 Å². The second kappa shape index (κ2) is 4.74. The molecule has 0 aliphatic carbocycles. The molecule has 0 aliphatic rings. The van der Waals surface area contributed by atoms with Crippen molar-refractivity contribution in [3.8, 4) is 0 Å². The molecule has 0 radical (unpaired) electrons. The van der Waals surface area contributed by atoms with Gasteiger partial charge in [0.15, 0.2) is 5.78 Å². The van der Waals surface area contributed by atoms with Crippen molar-refractivity contribution in [1.82, 2.24) is 0 Å². The van der Waals surface area contributed by atoms with Crippen LogP contribution in [0.1, 0.15) is 24.2 Å². The Morgan fingerprint density at radius 2 is 2.06 bits per heavy atom. The van der Waals surface area contributed by atoms with Crippen molar-refractivity contribution in [2.75, 3.05) is 5.32 Å². The molecule has 0 fully saturated rings. The molecule has 0 saturated heterocycles. The zero-order chi connectivity index (χ0) is 12.3. The Balaban J connectivity index is 2.98. The van der Waals surface area contributed by atoms with Gasteiger partial charge in [-0.2, -0.15) is 0 Å². The smallest absolute Gasteiger partial charge is 0.325 e. The number of carboxylic acids is 1. The average molecular weight is 225 g/mol. The standard InChI is InChI=1S/C11H12FNO3/c1-6(11(15)16)13-10-5-8(7(2)14)3-4-9(10)12/h3-6,13H,1-2H3,(H,15,16). The molecule has 0 aromatic heterocycles. The number of carbonyl (C=O) groups excluding carboxylic acids is 1. The lowest BCUT2D eigenvalue weighted by molar-refractivity contribution is -0.137. The van der Waals surface area contributed by atoms with Gasteiger partial charge in [0.25, 0.3) is 0 Å². The van der Waals surface area contributed by atoms with Crippen LogP contribution in [0.2, 0.25) is 0 Å². The highest BCUT2D eigenvalue weighted by Crippen LogP contribution is 2.17. The number of benzene rings is 1. The maximum atomic E-state index is 13.3. The van der Waals surface area contributed by atoms with Crippen LogP contribution in [0.3, 0.4) is 0 Å². The molecule has 0 bridgehead atoms. The Bertz CT molecular complexity index is 431. The van der Waals surface area contributed by atoms with Gasteiger partial charge >= 0.3 is 5.97 Å². The van der Waals surface area contributed by atoms with Crippen LogP contribution in [-0.4, -0.2) is 22.9 Å². The van der Waals surface area contributed by atoms with E-state index in [0.29, 0.717) is 5.56 Å². The summed E-state index contributed by atoms with van der Waals surface area (Å²) in [5.74, 6) is -1.88. The number of rotatable bonds is 4. The quantitative estimate of drug-likeness (QED) is 0.768. The molecule has 1 aromatic rings. The third-order valence-electron chi connectivity index (χ3n) is 2.12. The monoisotopic (exact) mass is 225 g/mol. The van der Waals surface area contributed by atoms with Crippen LogP contribution in [0, 0.1) is 5.82 Å². The summed E-state index contributed by atoms with van der Waals surface area (Å²) in [6.45, 7) is 2.75. The first-order valence-electron chi connectivity index (χ1n) is 4.71. The maximum Gasteiger partial charge on any atom is 0.325 e. The van der Waals surface area contributed by atoms with Gasteiger partial charge in [0.05, 0.1) is 5.69 Å². The maximum absolute atomic E-state index is 13.3. The van der Waals surface area contributed by atoms with Crippen LogP contribution >= 0.6 is 0 Å². The number of hydrogen-bond acceptors (Lipinski definition) is 3. The van der Waals surface area contributed by atoms with E-state index in [1.165, 1.54) is 26.0 Å². The molecule has 5 heteroatoms. The van der Waals surface area contributed by atoms with Gasteiger partial charge in [0, 0.05) is 5.56 Å². The third kappa shape index (κ3) is 2.79. The Morgan fingerprint density at radius 1 is 1.44 bits per heavy atom. The van der Waals surface area contributed by atoms with Crippen molar-refractivity contribution < 1.29 is 19.1 Å². The Kier molecular flexibility index (Phi) is 3.60. The van der Waals surface area contributed by atoms with Gasteiger partial charge in [-0.25, -0.2) is 4.39 Å². The fraction of sp³-hybridized carbons (Fsp3) is 0.273. The third-order valence-corrected chi connectivity index (χ3v) is 2.12. The fourth-order valence-corrected chi connectivity index (χ4v) is 1.15. The number of carbonyl (C=O) groups is 2. The van der Waals surface area contributed by atoms with Crippen LogP contribution in [0.15, 0.2) is 18.2 Å². The molecule has 1 atom stereocenters. The average Bonchev–Trinajstić information content (AvgIpc) is 2.20. The lowest BCUT2D eigenvalue weighted by Gasteiger charge is -2.12. The van der Waals surface area contributed by atoms with Gasteiger partial charge < -0.3 is 10.4 Å². The number of Topliss-reactive ketones (excluding diaryl/α,β-unsaturated/α-hetero) is 1. The SMILES string of the molecule is CC(=O)c1ccc(F)c(NC(C)C(=O)O)c1. The van der Waals surface area contributed by atoms with Crippen LogP contribution in [0.4, 0.5) is 10.1 Å². The van der Waals surface area contributed by atoms with E-state index >= 15 is 0 Å². The van der Waals surface area contributed by atoms with Gasteiger partial charge in [-0.3, -0.25) is 9.59 Å². The van der Waals surface area contributed by atoms with Gasteiger partial charge in [-0.05, 0) is 32.0 Å². The topological polar surface area (TPSA) is 66.4 Å². The van der Waals surface area contributed by atoms with Crippen LogP contribution in [-0.2, 0) is 4.79 Å². The molecule has 1 unspecified atom stereocenters. The molecule has 0 amide bonds. The van der Waals surface area contributed by atoms with Gasteiger partial charge in [0.2, 0.25) is 0 Å². The van der Waals surface area contributed by atoms with Crippen molar-refractivity contribution in [1.29, 1.82) is 0 Å². The predicted octanol–water partition coefficient (Wildman–Crippen LogP) is 1.91. The molecule has 0 aliphatic heterocycles. The summed E-state index contributed by atoms with van der Waals surface area (Å²) >= 11 is 0. The molecule has 1 aromatic carbocycles. The van der Waals surface area contributed by atoms with Crippen molar-refractivity contribution in [3.05, 3.63) is 29.6 Å². The Labute approximate surface area is 92.1 Å². The highest BCUT2D eigenvalue weighted by atomic mass is 19.1. The Morgan fingerprint density at radius 3 is 2.56 bits per heavy atom. The molecule has 86 valence electrons. The normalized spacial score (nSPS) is 11.9. The molecular formula is C11H12FNO3. The molecule has 0 heterocycles. The van der Waals surface area contributed by atoms with E-state index in [4.69, 9.17) is 5.11 Å². The minimum absolute atomic E-state index is 0.0163. The number of carboxylic acid groups (broad SMARTS) is 1. The highest BCUT2D eigenvalue weighted by molar-refractivity contribution is 5.95. The van der Waals surface area contributed by atoms with Gasteiger partial charge in [-0.1, -0.05) is 0 Å². The van der Waals surface area contributed by atoms with E-state index in [-0.39, 0.29) is 11.5 Å². The summed E-state index contributed by atoms with van der Waals surface area (Å²) in [6.07, 6.45) is 0. The first-order valence-corrected chi connectivity index (χ1v) is 4.71. The number of hydrogen-bond donors (Lipinski definition) is 2. The lowest BCUT2D eigenvalue weighted by atomic mass is 10.1. The molecule has 2 N–H and O–H groups in total. The van der Waals surface area contributed by atoms with Crippen molar-refractivity contribution in [2.45, 2.75) is 19.9 Å². The van der Waals surface area contributed by atoms with E-state index in [2.05, 4.69) is 5.32 Å². The molecule has 0 spiro atoms. The van der Waals surface area contributed by atoms with Crippen LogP contribution in [0.25, 0.3) is 0 Å². The second-order valence-electron chi connectivity index (χ2n) is 3.46. The number of anilines is 1. The van der Waals surface area contributed by atoms with Crippen LogP contribution in [0.5, 0.6) is 0 Å². The van der Waals surface area contributed by atoms with E-state index in [1.54, 1.807) is 0 Å². The van der Waals surface area contributed by atoms with E-state index in [9.17, 15) is 14.0 Å². The van der Waals surface area contributed by atoms with E-state index < -0.39 is 17.8 Å². The predicted molar refractivity (Wildman–Crippen MR) is 57.1 cm³/mol. The molecule has 4 nitrogen and oxygen atoms in total. The summed E-state index contributed by atoms with van der Waals surface area (Å²) in [5, 5.41) is 11.1. The Hall–Kier alpha value is -1.91. The molecular weight excluding hydrogens is 213 g/mol. The summed E-state index contributed by atoms with van der Waals surface area (Å²) in [6, 6.07) is 2.87. The summed E-state index contributed by atoms with van der Waals surface area (Å²) in [4.78, 5) is 21.6. The van der Waals surface area contributed by atoms with Crippen molar-refractivity contribution >= 4 is 17.4 Å². The number of ketones is 1. The van der Waals surface area contributed by atoms with Gasteiger partial charge in [0.1, 0.15) is 11.9 Å². The van der Waals surface area contributed by atoms with E-state index in [0.717, 1.165) is 6.07 Å². The minimum atomic E-state index is -1.09. The fourth-order valence-electron chi connectivity index (χ4n) is 1.15. The first-order chi connectivity index (χ1) is 7.41. The highest BCUT2D eigenvalue weighted by Gasteiger charge is 2.13. The summed E-state index contributed by atoms with van der Waals surface area (Å²) in [7, 11) is 0. The minimum Gasteiger partial charge on any atom is -0.480 e. The summed E-state index contributed by atoms with van der Waals surface area (Å²) < 4.78 is 13.3. The van der Waals surface area contributed by atoms with Crippen molar-refractivity contribution in [3.63, 3.8) is 0 Å². The zero-order valence-corrected chi connectivity index (χ0v) is 8.95. The zero-order valence-electron chi connectivity index (χ0n) is 8.95. The molecule has 1 rings (SSSR count). The molecule has 0 saturated carbocycles. The molecule has 16 heavy (non-hydrogen) atoms. The number of halogens is 1. The second-order valence-corrected chi connectivity index (χ2v) is 3.46. The largest absolute Gasteiger partial charge is 0.480 e. The number of aliphatic carboxylic acids is 1. The van der Waals surface area contributed by atoms with Crippen LogP contribution < -0.4 is 5.32 Å². The lowest BCUT2D eigenvalue weighted by Crippen LogP contribution is -2.26. The van der Waals surface area contributed by atoms with Crippen molar-refractivity contribution in [2.24, 2.45) is 0 Å². The van der Waals surface area contributed by atoms with E-state index in [1.807, 2.05) is 0 Å². The summed E-state index contributed by atoms with van der Waals surface area (Å²) in [5.41, 5.74) is 0.351. The number of nitrogens with one attached hydrogen (secondary N) is 1. The first kappa shape index (κ1) is 12.2.